The second-order valence-electron chi connectivity index (χ2n) is 0.752. The fourth-order valence-corrected chi connectivity index (χ4v) is 0.142. The van der Waals surface area contributed by atoms with Gasteiger partial charge in [-0.05, 0) is 6.92 Å². The summed E-state index contributed by atoms with van der Waals surface area (Å²) < 4.78 is 4.18. The molecule has 7 heavy (non-hydrogen) atoms. The first-order valence-electron chi connectivity index (χ1n) is 1.69. The molecule has 0 aromatic carbocycles. The zero-order chi connectivity index (χ0) is 4.99. The maximum Gasteiger partial charge on any atom is 0.404 e. The Morgan fingerprint density at radius 1 is 1.86 bits per heavy atom. The van der Waals surface area contributed by atoms with Crippen LogP contribution in [-0.2, 0) is 24.2 Å². The van der Waals surface area contributed by atoms with Gasteiger partial charge in [-0.3, -0.25) is 0 Å². The molecule has 0 aliphatic rings. The Morgan fingerprint density at radius 2 is 2.29 bits per heavy atom. The van der Waals surface area contributed by atoms with Crippen LogP contribution in [0.3, 0.4) is 0 Å². The standard InChI is InChI=1S/C3H7NO2.Zn/c1-2-6-3(4)5;/h2H2,1H3,(H2,4,5);. The molecule has 38 valence electrons. The third-order valence-electron chi connectivity index (χ3n) is 0.287. The second kappa shape index (κ2) is 5.89. The molecule has 0 aliphatic carbocycles. The number of carbonyl (C=O) groups is 1. The summed E-state index contributed by atoms with van der Waals surface area (Å²) >= 11 is 0. The molecule has 0 heterocycles. The largest absolute Gasteiger partial charge is 0.450 e. The van der Waals surface area contributed by atoms with E-state index in [1.54, 1.807) is 6.92 Å². The van der Waals surface area contributed by atoms with Gasteiger partial charge in [0, 0.05) is 19.5 Å². The average Bonchev–Trinajstić information content (AvgIpc) is 1.35. The van der Waals surface area contributed by atoms with Crippen molar-refractivity contribution in [3.8, 4) is 0 Å². The average molecular weight is 154 g/mol. The quantitative estimate of drug-likeness (QED) is 0.545. The van der Waals surface area contributed by atoms with Gasteiger partial charge >= 0.3 is 6.09 Å². The van der Waals surface area contributed by atoms with Gasteiger partial charge in [0.15, 0.2) is 0 Å². The number of ether oxygens (including phenoxy) is 1. The van der Waals surface area contributed by atoms with E-state index in [1.165, 1.54) is 0 Å². The van der Waals surface area contributed by atoms with Gasteiger partial charge in [-0.15, -0.1) is 0 Å². The van der Waals surface area contributed by atoms with Crippen molar-refractivity contribution in [1.82, 2.24) is 0 Å². The van der Waals surface area contributed by atoms with Gasteiger partial charge in [-0.1, -0.05) is 0 Å². The van der Waals surface area contributed by atoms with Crippen LogP contribution in [-0.4, -0.2) is 12.7 Å². The molecule has 0 unspecified atom stereocenters. The maximum atomic E-state index is 9.60. The maximum absolute atomic E-state index is 9.60. The van der Waals surface area contributed by atoms with Crippen molar-refractivity contribution in [1.29, 1.82) is 0 Å². The summed E-state index contributed by atoms with van der Waals surface area (Å²) in [6.07, 6.45) is -0.711. The minimum absolute atomic E-state index is 0. The summed E-state index contributed by atoms with van der Waals surface area (Å²) in [4.78, 5) is 9.60. The number of amides is 1. The van der Waals surface area contributed by atoms with Crippen LogP contribution in [0.1, 0.15) is 6.92 Å². The van der Waals surface area contributed by atoms with E-state index in [2.05, 4.69) is 10.5 Å². The summed E-state index contributed by atoms with van der Waals surface area (Å²) in [6, 6.07) is 0. The van der Waals surface area contributed by atoms with Crippen LogP contribution in [0.5, 0.6) is 0 Å². The molecule has 0 aliphatic heterocycles. The van der Waals surface area contributed by atoms with Crippen molar-refractivity contribution in [2.45, 2.75) is 6.92 Å². The van der Waals surface area contributed by atoms with Crippen LogP contribution in [0.2, 0.25) is 0 Å². The second-order valence-corrected chi connectivity index (χ2v) is 0.752. The molecule has 0 aromatic heterocycles. The molecule has 2 N–H and O–H groups in total. The van der Waals surface area contributed by atoms with Crippen LogP contribution in [0.4, 0.5) is 4.79 Å². The number of hydrogen-bond acceptors (Lipinski definition) is 2. The van der Waals surface area contributed by atoms with Crippen molar-refractivity contribution < 1.29 is 29.0 Å². The summed E-state index contributed by atoms with van der Waals surface area (Å²) in [5, 5.41) is 0. The molecule has 0 radical (unpaired) electrons. The Hall–Kier alpha value is -0.107. The predicted octanol–water partition coefficient (Wildman–Crippen LogP) is 0.0991. The number of primary amides is 1. The third-order valence-corrected chi connectivity index (χ3v) is 0.287. The molecule has 0 rings (SSSR count). The summed E-state index contributed by atoms with van der Waals surface area (Å²) in [5.41, 5.74) is 4.54. The fraction of sp³-hybridized carbons (Fsp3) is 0.667. The van der Waals surface area contributed by atoms with E-state index >= 15 is 0 Å². The molecule has 0 fully saturated rings. The molecular formula is C3H7NO2Zn. The van der Waals surface area contributed by atoms with E-state index in [9.17, 15) is 4.79 Å². The van der Waals surface area contributed by atoms with Crippen LogP contribution in [0.15, 0.2) is 0 Å². The molecule has 3 nitrogen and oxygen atoms in total. The summed E-state index contributed by atoms with van der Waals surface area (Å²) in [6.45, 7) is 2.06. The van der Waals surface area contributed by atoms with E-state index in [0.29, 0.717) is 6.61 Å². The molecule has 0 spiro atoms. The molecule has 0 aromatic rings. The Bertz CT molecular complexity index is 56.9. The Morgan fingerprint density at radius 3 is 2.29 bits per heavy atom. The van der Waals surface area contributed by atoms with Crippen molar-refractivity contribution in [3.63, 3.8) is 0 Å². The molecule has 0 atom stereocenters. The molecule has 0 saturated carbocycles. The van der Waals surface area contributed by atoms with Gasteiger partial charge < -0.3 is 10.5 Å². The first-order valence-corrected chi connectivity index (χ1v) is 1.69. The molecule has 0 saturated heterocycles. The Kier molecular flexibility index (Phi) is 8.42. The normalized spacial score (nSPS) is 6.43. The van der Waals surface area contributed by atoms with Crippen LogP contribution in [0.25, 0.3) is 0 Å². The SMILES string of the molecule is CCOC(N)=O.[Zn]. The first-order chi connectivity index (χ1) is 2.77. The van der Waals surface area contributed by atoms with Gasteiger partial charge in [0.05, 0.1) is 6.61 Å². The molecule has 0 bridgehead atoms. The number of hydrogen-bond donors (Lipinski definition) is 1. The Labute approximate surface area is 55.0 Å². The van der Waals surface area contributed by atoms with E-state index in [1.807, 2.05) is 0 Å². The van der Waals surface area contributed by atoms with Crippen LogP contribution in [0, 0.1) is 0 Å². The van der Waals surface area contributed by atoms with Crippen molar-refractivity contribution in [3.05, 3.63) is 0 Å². The van der Waals surface area contributed by atoms with E-state index in [4.69, 9.17) is 0 Å². The van der Waals surface area contributed by atoms with Crippen molar-refractivity contribution in [2.24, 2.45) is 5.73 Å². The van der Waals surface area contributed by atoms with Crippen molar-refractivity contribution >= 4 is 6.09 Å². The number of nitrogens with two attached hydrogens (primary N) is 1. The fourth-order valence-electron chi connectivity index (χ4n) is 0.142. The monoisotopic (exact) mass is 153 g/mol. The summed E-state index contributed by atoms with van der Waals surface area (Å²) in [7, 11) is 0. The van der Waals surface area contributed by atoms with E-state index in [-0.39, 0.29) is 19.5 Å². The van der Waals surface area contributed by atoms with E-state index in [0.717, 1.165) is 0 Å². The van der Waals surface area contributed by atoms with Crippen molar-refractivity contribution in [2.75, 3.05) is 6.61 Å². The molecule has 4 heteroatoms. The van der Waals surface area contributed by atoms with E-state index < -0.39 is 6.09 Å². The minimum atomic E-state index is -0.711. The zero-order valence-electron chi connectivity index (χ0n) is 4.31. The van der Waals surface area contributed by atoms with Gasteiger partial charge in [0.25, 0.3) is 0 Å². The molecular weight excluding hydrogens is 147 g/mol. The van der Waals surface area contributed by atoms with Crippen LogP contribution >= 0.6 is 0 Å². The van der Waals surface area contributed by atoms with Gasteiger partial charge in [0.2, 0.25) is 0 Å². The first kappa shape index (κ1) is 10.00. The predicted molar refractivity (Wildman–Crippen MR) is 21.2 cm³/mol. The van der Waals surface area contributed by atoms with Crippen LogP contribution < -0.4 is 5.73 Å². The smallest absolute Gasteiger partial charge is 0.404 e. The van der Waals surface area contributed by atoms with Gasteiger partial charge in [-0.2, -0.15) is 0 Å². The topological polar surface area (TPSA) is 52.3 Å². The minimum Gasteiger partial charge on any atom is -0.450 e. The van der Waals surface area contributed by atoms with Gasteiger partial charge in [-0.25, -0.2) is 4.79 Å². The zero-order valence-corrected chi connectivity index (χ0v) is 7.28. The van der Waals surface area contributed by atoms with Gasteiger partial charge in [0.1, 0.15) is 0 Å². The number of rotatable bonds is 1. The molecule has 1 amide bonds. The summed E-state index contributed by atoms with van der Waals surface area (Å²) in [5.74, 6) is 0. The number of carbonyl (C=O) groups excluding carboxylic acids is 1. The Balaban J connectivity index is 0. The third kappa shape index (κ3) is 10.7.